The standard InChI is InChI=1S/C15H27NO5/c1-5-20-12(17)6-7-15(8-10-19-11-9-15)16-13(18)21-14(2,3)4/h5-11H2,1-4H3,(H,16,18). The highest BCUT2D eigenvalue weighted by Crippen LogP contribution is 2.27. The van der Waals surface area contributed by atoms with Crippen LogP contribution in [0.5, 0.6) is 0 Å². The topological polar surface area (TPSA) is 73.9 Å². The summed E-state index contributed by atoms with van der Waals surface area (Å²) in [5, 5.41) is 2.94. The highest BCUT2D eigenvalue weighted by atomic mass is 16.6. The predicted molar refractivity (Wildman–Crippen MR) is 78.0 cm³/mol. The Morgan fingerprint density at radius 2 is 1.86 bits per heavy atom. The van der Waals surface area contributed by atoms with Crippen LogP contribution in [0.4, 0.5) is 4.79 Å². The van der Waals surface area contributed by atoms with E-state index in [0.29, 0.717) is 39.1 Å². The molecule has 0 saturated carbocycles. The summed E-state index contributed by atoms with van der Waals surface area (Å²) in [5.74, 6) is -0.241. The van der Waals surface area contributed by atoms with Crippen LogP contribution >= 0.6 is 0 Å². The van der Waals surface area contributed by atoms with Gasteiger partial charge in [0.2, 0.25) is 0 Å². The first-order valence-electron chi connectivity index (χ1n) is 7.51. The van der Waals surface area contributed by atoms with Crippen LogP contribution in [-0.2, 0) is 19.0 Å². The summed E-state index contributed by atoms with van der Waals surface area (Å²) in [6.45, 7) is 8.75. The molecule has 6 nitrogen and oxygen atoms in total. The van der Waals surface area contributed by atoms with Crippen LogP contribution in [0.3, 0.4) is 0 Å². The second-order valence-electron chi connectivity index (χ2n) is 6.32. The number of carbonyl (C=O) groups excluding carboxylic acids is 2. The minimum atomic E-state index is -0.544. The van der Waals surface area contributed by atoms with Crippen molar-refractivity contribution in [2.75, 3.05) is 19.8 Å². The third kappa shape index (κ3) is 6.80. The molecule has 0 aliphatic carbocycles. The molecular formula is C15H27NO5. The molecule has 1 N–H and O–H groups in total. The van der Waals surface area contributed by atoms with E-state index in [1.54, 1.807) is 6.92 Å². The van der Waals surface area contributed by atoms with E-state index in [-0.39, 0.29) is 12.4 Å². The van der Waals surface area contributed by atoms with E-state index in [0.717, 1.165) is 0 Å². The number of ether oxygens (including phenoxy) is 3. The molecule has 0 unspecified atom stereocenters. The fourth-order valence-electron chi connectivity index (χ4n) is 2.29. The molecule has 122 valence electrons. The van der Waals surface area contributed by atoms with E-state index in [1.165, 1.54) is 0 Å². The van der Waals surface area contributed by atoms with Crippen molar-refractivity contribution in [2.45, 2.75) is 64.5 Å². The third-order valence-corrected chi connectivity index (χ3v) is 3.33. The van der Waals surface area contributed by atoms with E-state index >= 15 is 0 Å². The minimum absolute atomic E-state index is 0.241. The zero-order chi connectivity index (χ0) is 15.9. The van der Waals surface area contributed by atoms with Crippen molar-refractivity contribution in [3.8, 4) is 0 Å². The molecule has 1 rings (SSSR count). The van der Waals surface area contributed by atoms with Crippen LogP contribution in [0.1, 0.15) is 53.4 Å². The van der Waals surface area contributed by atoms with Gasteiger partial charge in [0.15, 0.2) is 0 Å². The summed E-state index contributed by atoms with van der Waals surface area (Å²) in [5.41, 5.74) is -0.995. The Hall–Kier alpha value is -1.30. The van der Waals surface area contributed by atoms with Gasteiger partial charge in [-0.1, -0.05) is 0 Å². The van der Waals surface area contributed by atoms with Crippen molar-refractivity contribution in [3.05, 3.63) is 0 Å². The summed E-state index contributed by atoms with van der Waals surface area (Å²) in [4.78, 5) is 23.6. The molecule has 1 amide bonds. The molecule has 0 spiro atoms. The Kier molecular flexibility index (Phi) is 6.45. The number of rotatable bonds is 5. The van der Waals surface area contributed by atoms with Gasteiger partial charge in [-0.3, -0.25) is 4.79 Å². The van der Waals surface area contributed by atoms with Gasteiger partial charge in [-0.05, 0) is 47.0 Å². The molecule has 1 heterocycles. The highest BCUT2D eigenvalue weighted by molar-refractivity contribution is 5.71. The number of alkyl carbamates (subject to hydrolysis) is 1. The van der Waals surface area contributed by atoms with Crippen molar-refractivity contribution in [3.63, 3.8) is 0 Å². The van der Waals surface area contributed by atoms with Crippen molar-refractivity contribution in [1.29, 1.82) is 0 Å². The fraction of sp³-hybridized carbons (Fsp3) is 0.867. The summed E-state index contributed by atoms with van der Waals surface area (Å²) in [6.07, 6.45) is 1.71. The summed E-state index contributed by atoms with van der Waals surface area (Å²) < 4.78 is 15.6. The quantitative estimate of drug-likeness (QED) is 0.789. The molecule has 21 heavy (non-hydrogen) atoms. The maximum atomic E-state index is 12.0. The van der Waals surface area contributed by atoms with E-state index in [4.69, 9.17) is 14.2 Å². The number of nitrogens with one attached hydrogen (secondary N) is 1. The zero-order valence-electron chi connectivity index (χ0n) is 13.5. The number of hydrogen-bond donors (Lipinski definition) is 1. The molecule has 0 radical (unpaired) electrons. The summed E-state index contributed by atoms with van der Waals surface area (Å²) in [7, 11) is 0. The average molecular weight is 301 g/mol. The molecule has 0 aromatic heterocycles. The van der Waals surface area contributed by atoms with Gasteiger partial charge in [-0.15, -0.1) is 0 Å². The molecule has 1 aliphatic heterocycles. The summed E-state index contributed by atoms with van der Waals surface area (Å²) in [6, 6.07) is 0. The lowest BCUT2D eigenvalue weighted by Crippen LogP contribution is -2.53. The van der Waals surface area contributed by atoms with E-state index in [1.807, 2.05) is 20.8 Å². The van der Waals surface area contributed by atoms with Crippen LogP contribution in [-0.4, -0.2) is 43.0 Å². The first-order valence-corrected chi connectivity index (χ1v) is 7.51. The van der Waals surface area contributed by atoms with Crippen molar-refractivity contribution < 1.29 is 23.8 Å². The maximum Gasteiger partial charge on any atom is 0.408 e. The SMILES string of the molecule is CCOC(=O)CCC1(NC(=O)OC(C)(C)C)CCOCC1. The van der Waals surface area contributed by atoms with Crippen LogP contribution in [0, 0.1) is 0 Å². The smallest absolute Gasteiger partial charge is 0.408 e. The monoisotopic (exact) mass is 301 g/mol. The zero-order valence-corrected chi connectivity index (χ0v) is 13.5. The van der Waals surface area contributed by atoms with Crippen LogP contribution in [0.15, 0.2) is 0 Å². The molecule has 0 bridgehead atoms. The van der Waals surface area contributed by atoms with E-state index < -0.39 is 17.2 Å². The van der Waals surface area contributed by atoms with Gasteiger partial charge < -0.3 is 19.5 Å². The molecule has 1 aliphatic rings. The minimum Gasteiger partial charge on any atom is -0.466 e. The van der Waals surface area contributed by atoms with Crippen molar-refractivity contribution in [2.24, 2.45) is 0 Å². The maximum absolute atomic E-state index is 12.0. The Labute approximate surface area is 126 Å². The van der Waals surface area contributed by atoms with Gasteiger partial charge in [0.1, 0.15) is 5.60 Å². The fourth-order valence-corrected chi connectivity index (χ4v) is 2.29. The van der Waals surface area contributed by atoms with Gasteiger partial charge in [0.05, 0.1) is 6.61 Å². The Morgan fingerprint density at radius 1 is 1.24 bits per heavy atom. The number of hydrogen-bond acceptors (Lipinski definition) is 5. The lowest BCUT2D eigenvalue weighted by atomic mass is 9.85. The average Bonchev–Trinajstić information content (AvgIpc) is 2.35. The predicted octanol–water partition coefficient (Wildman–Crippen LogP) is 2.40. The summed E-state index contributed by atoms with van der Waals surface area (Å²) >= 11 is 0. The van der Waals surface area contributed by atoms with Crippen LogP contribution in [0.25, 0.3) is 0 Å². The largest absolute Gasteiger partial charge is 0.466 e. The third-order valence-electron chi connectivity index (χ3n) is 3.33. The molecule has 6 heteroatoms. The molecule has 0 aromatic carbocycles. The Bertz CT molecular complexity index is 356. The second-order valence-corrected chi connectivity index (χ2v) is 6.32. The van der Waals surface area contributed by atoms with Crippen molar-refractivity contribution >= 4 is 12.1 Å². The van der Waals surface area contributed by atoms with Crippen molar-refractivity contribution in [1.82, 2.24) is 5.32 Å². The van der Waals surface area contributed by atoms with Gasteiger partial charge in [0.25, 0.3) is 0 Å². The van der Waals surface area contributed by atoms with Gasteiger partial charge in [-0.25, -0.2) is 4.79 Å². The molecule has 1 fully saturated rings. The van der Waals surface area contributed by atoms with Gasteiger partial charge in [0, 0.05) is 25.2 Å². The lowest BCUT2D eigenvalue weighted by molar-refractivity contribution is -0.143. The molecule has 1 saturated heterocycles. The van der Waals surface area contributed by atoms with Gasteiger partial charge >= 0.3 is 12.1 Å². The van der Waals surface area contributed by atoms with E-state index in [9.17, 15) is 9.59 Å². The van der Waals surface area contributed by atoms with Gasteiger partial charge in [-0.2, -0.15) is 0 Å². The molecule has 0 atom stereocenters. The number of esters is 1. The van der Waals surface area contributed by atoms with E-state index in [2.05, 4.69) is 5.32 Å². The first kappa shape index (κ1) is 17.8. The number of amides is 1. The normalized spacial score (nSPS) is 17.9. The van der Waals surface area contributed by atoms with Crippen LogP contribution < -0.4 is 5.32 Å². The molecular weight excluding hydrogens is 274 g/mol. The highest BCUT2D eigenvalue weighted by Gasteiger charge is 2.36. The Balaban J connectivity index is 2.61. The first-order chi connectivity index (χ1) is 9.76. The molecule has 0 aromatic rings. The lowest BCUT2D eigenvalue weighted by Gasteiger charge is -2.38. The van der Waals surface area contributed by atoms with Crippen LogP contribution in [0.2, 0.25) is 0 Å². The second kappa shape index (κ2) is 7.64. The number of carbonyl (C=O) groups is 2. The Morgan fingerprint density at radius 3 is 2.38 bits per heavy atom.